The van der Waals surface area contributed by atoms with Crippen LogP contribution in [0.2, 0.25) is 0 Å². The van der Waals surface area contributed by atoms with Crippen molar-refractivity contribution in [3.63, 3.8) is 0 Å². The summed E-state index contributed by atoms with van der Waals surface area (Å²) in [7, 11) is 1.83. The molecule has 0 bridgehead atoms. The second kappa shape index (κ2) is 6.03. The van der Waals surface area contributed by atoms with Crippen LogP contribution in [0.15, 0.2) is 28.7 Å². The van der Waals surface area contributed by atoms with Gasteiger partial charge in [-0.25, -0.2) is 0 Å². The summed E-state index contributed by atoms with van der Waals surface area (Å²) in [5, 5.41) is 0. The van der Waals surface area contributed by atoms with Gasteiger partial charge in [0.2, 0.25) is 5.91 Å². The molecule has 0 radical (unpaired) electrons. The highest BCUT2D eigenvalue weighted by Crippen LogP contribution is 2.28. The first-order chi connectivity index (χ1) is 9.09. The SMILES string of the molecule is CN(CCc1ccccc1Br)C(=O)C1(CN)COC1. The van der Waals surface area contributed by atoms with Gasteiger partial charge < -0.3 is 15.4 Å². The molecule has 4 nitrogen and oxygen atoms in total. The number of carbonyl (C=O) groups is 1. The van der Waals surface area contributed by atoms with E-state index in [0.29, 0.717) is 26.3 Å². The maximum Gasteiger partial charge on any atom is 0.234 e. The number of carbonyl (C=O) groups excluding carboxylic acids is 1. The molecule has 19 heavy (non-hydrogen) atoms. The monoisotopic (exact) mass is 326 g/mol. The highest BCUT2D eigenvalue weighted by molar-refractivity contribution is 9.10. The van der Waals surface area contributed by atoms with Gasteiger partial charge >= 0.3 is 0 Å². The third-order valence-corrected chi connectivity index (χ3v) is 4.40. The topological polar surface area (TPSA) is 55.6 Å². The quantitative estimate of drug-likeness (QED) is 0.890. The van der Waals surface area contributed by atoms with Crippen molar-refractivity contribution in [3.05, 3.63) is 34.3 Å². The molecule has 0 atom stereocenters. The number of nitrogens with two attached hydrogens (primary N) is 1. The lowest BCUT2D eigenvalue weighted by Crippen LogP contribution is -2.58. The van der Waals surface area contributed by atoms with Gasteiger partial charge in [-0.05, 0) is 18.1 Å². The number of benzene rings is 1. The molecular weight excluding hydrogens is 308 g/mol. The fourth-order valence-electron chi connectivity index (χ4n) is 2.17. The van der Waals surface area contributed by atoms with Gasteiger partial charge in [-0.3, -0.25) is 4.79 Å². The molecule has 0 spiro atoms. The molecule has 0 aromatic heterocycles. The molecule has 1 amide bonds. The van der Waals surface area contributed by atoms with Gasteiger partial charge in [-0.1, -0.05) is 34.1 Å². The molecule has 1 aliphatic heterocycles. The molecule has 1 aliphatic rings. The molecule has 1 fully saturated rings. The zero-order chi connectivity index (χ0) is 13.9. The van der Waals surface area contributed by atoms with E-state index >= 15 is 0 Å². The van der Waals surface area contributed by atoms with E-state index in [4.69, 9.17) is 10.5 Å². The minimum Gasteiger partial charge on any atom is -0.379 e. The van der Waals surface area contributed by atoms with Crippen molar-refractivity contribution in [2.75, 3.05) is 33.4 Å². The standard InChI is InChI=1S/C14H19BrN2O2/c1-17(13(18)14(8-16)9-19-10-14)7-6-11-4-2-3-5-12(11)15/h2-5H,6-10,16H2,1H3. The lowest BCUT2D eigenvalue weighted by Gasteiger charge is -2.41. The van der Waals surface area contributed by atoms with E-state index in [9.17, 15) is 4.79 Å². The van der Waals surface area contributed by atoms with Crippen molar-refractivity contribution in [1.29, 1.82) is 0 Å². The summed E-state index contributed by atoms with van der Waals surface area (Å²) < 4.78 is 6.23. The van der Waals surface area contributed by atoms with Gasteiger partial charge in [0.25, 0.3) is 0 Å². The molecule has 104 valence electrons. The first kappa shape index (κ1) is 14.5. The predicted octanol–water partition coefficient (Wildman–Crippen LogP) is 1.43. The Kier molecular flexibility index (Phi) is 4.60. The maximum atomic E-state index is 12.3. The Labute approximate surface area is 122 Å². The fraction of sp³-hybridized carbons (Fsp3) is 0.500. The zero-order valence-corrected chi connectivity index (χ0v) is 12.6. The van der Waals surface area contributed by atoms with Gasteiger partial charge in [-0.2, -0.15) is 0 Å². The fourth-order valence-corrected chi connectivity index (χ4v) is 2.66. The van der Waals surface area contributed by atoms with Crippen LogP contribution in [0.1, 0.15) is 5.56 Å². The van der Waals surface area contributed by atoms with Crippen molar-refractivity contribution in [2.45, 2.75) is 6.42 Å². The van der Waals surface area contributed by atoms with Crippen LogP contribution in [0.3, 0.4) is 0 Å². The van der Waals surface area contributed by atoms with Crippen molar-refractivity contribution in [1.82, 2.24) is 4.90 Å². The highest BCUT2D eigenvalue weighted by Gasteiger charge is 2.46. The average molecular weight is 327 g/mol. The third kappa shape index (κ3) is 2.99. The number of nitrogens with zero attached hydrogens (tertiary/aromatic N) is 1. The van der Waals surface area contributed by atoms with E-state index in [2.05, 4.69) is 22.0 Å². The summed E-state index contributed by atoms with van der Waals surface area (Å²) in [4.78, 5) is 14.1. The number of rotatable bonds is 5. The molecule has 5 heteroatoms. The van der Waals surface area contributed by atoms with Crippen molar-refractivity contribution in [3.8, 4) is 0 Å². The van der Waals surface area contributed by atoms with E-state index in [1.54, 1.807) is 4.90 Å². The molecule has 1 heterocycles. The van der Waals surface area contributed by atoms with Gasteiger partial charge in [0.1, 0.15) is 5.41 Å². The lowest BCUT2D eigenvalue weighted by atomic mass is 9.84. The number of hydrogen-bond acceptors (Lipinski definition) is 3. The van der Waals surface area contributed by atoms with Gasteiger partial charge in [0.05, 0.1) is 13.2 Å². The molecule has 0 unspecified atom stereocenters. The zero-order valence-electron chi connectivity index (χ0n) is 11.1. The molecular formula is C14H19BrN2O2. The number of hydrogen-bond donors (Lipinski definition) is 1. The van der Waals surface area contributed by atoms with Gasteiger partial charge in [0, 0.05) is 24.6 Å². The first-order valence-electron chi connectivity index (χ1n) is 6.36. The predicted molar refractivity (Wildman–Crippen MR) is 77.8 cm³/mol. The third-order valence-electron chi connectivity index (χ3n) is 3.62. The summed E-state index contributed by atoms with van der Waals surface area (Å²) in [6.07, 6.45) is 0.825. The molecule has 0 aliphatic carbocycles. The highest BCUT2D eigenvalue weighted by atomic mass is 79.9. The first-order valence-corrected chi connectivity index (χ1v) is 7.15. The number of amides is 1. The molecule has 2 rings (SSSR count). The number of likely N-dealkylation sites (N-methyl/N-ethyl adjacent to an activating group) is 1. The summed E-state index contributed by atoms with van der Waals surface area (Å²) in [5.74, 6) is 0.0910. The second-order valence-electron chi connectivity index (χ2n) is 5.05. The van der Waals surface area contributed by atoms with E-state index in [-0.39, 0.29) is 5.91 Å². The van der Waals surface area contributed by atoms with Gasteiger partial charge in [-0.15, -0.1) is 0 Å². The Morgan fingerprint density at radius 2 is 2.16 bits per heavy atom. The van der Waals surface area contributed by atoms with Crippen LogP contribution in [-0.4, -0.2) is 44.2 Å². The normalized spacial score (nSPS) is 16.8. The Hall–Kier alpha value is -0.910. The van der Waals surface area contributed by atoms with Crippen LogP contribution in [-0.2, 0) is 16.0 Å². The minimum absolute atomic E-state index is 0.0910. The van der Waals surface area contributed by atoms with Crippen LogP contribution >= 0.6 is 15.9 Å². The second-order valence-corrected chi connectivity index (χ2v) is 5.90. The van der Waals surface area contributed by atoms with Crippen LogP contribution < -0.4 is 5.73 Å². The van der Waals surface area contributed by atoms with Crippen LogP contribution in [0.5, 0.6) is 0 Å². The summed E-state index contributed by atoms with van der Waals surface area (Å²) in [5.41, 5.74) is 6.42. The average Bonchev–Trinajstić information content (AvgIpc) is 2.36. The van der Waals surface area contributed by atoms with Crippen molar-refractivity contribution in [2.24, 2.45) is 11.1 Å². The number of ether oxygens (including phenoxy) is 1. The maximum absolute atomic E-state index is 12.3. The Morgan fingerprint density at radius 1 is 1.47 bits per heavy atom. The molecule has 0 saturated carbocycles. The Balaban J connectivity index is 1.93. The van der Waals surface area contributed by atoms with Gasteiger partial charge in [0.15, 0.2) is 0 Å². The molecule has 1 aromatic rings. The van der Waals surface area contributed by atoms with Crippen LogP contribution in [0.25, 0.3) is 0 Å². The molecule has 2 N–H and O–H groups in total. The Bertz CT molecular complexity index is 455. The summed E-state index contributed by atoms with van der Waals surface area (Å²) in [6, 6.07) is 8.06. The van der Waals surface area contributed by atoms with Crippen LogP contribution in [0, 0.1) is 5.41 Å². The molecule has 1 aromatic carbocycles. The van der Waals surface area contributed by atoms with E-state index < -0.39 is 5.41 Å². The van der Waals surface area contributed by atoms with Crippen molar-refractivity contribution >= 4 is 21.8 Å². The smallest absolute Gasteiger partial charge is 0.234 e. The van der Waals surface area contributed by atoms with Crippen LogP contribution in [0.4, 0.5) is 0 Å². The summed E-state index contributed by atoms with van der Waals surface area (Å²) >= 11 is 3.52. The number of halogens is 1. The summed E-state index contributed by atoms with van der Waals surface area (Å²) in [6.45, 7) is 1.93. The minimum atomic E-state index is -0.483. The van der Waals surface area contributed by atoms with E-state index in [0.717, 1.165) is 10.9 Å². The van der Waals surface area contributed by atoms with E-state index in [1.807, 2.05) is 25.2 Å². The van der Waals surface area contributed by atoms with E-state index in [1.165, 1.54) is 5.56 Å². The Morgan fingerprint density at radius 3 is 2.68 bits per heavy atom. The lowest BCUT2D eigenvalue weighted by molar-refractivity contribution is -0.169. The van der Waals surface area contributed by atoms with Crippen molar-refractivity contribution < 1.29 is 9.53 Å². The largest absolute Gasteiger partial charge is 0.379 e. The molecule has 1 saturated heterocycles.